The number of anilines is 1. The van der Waals surface area contributed by atoms with Crippen LogP contribution < -0.4 is 4.90 Å². The lowest BCUT2D eigenvalue weighted by Crippen LogP contribution is -2.36. The summed E-state index contributed by atoms with van der Waals surface area (Å²) < 4.78 is 19.5. The van der Waals surface area contributed by atoms with E-state index in [1.807, 2.05) is 12.1 Å². The Hall–Kier alpha value is -1.13. The van der Waals surface area contributed by atoms with E-state index in [1.165, 1.54) is 12.8 Å². The van der Waals surface area contributed by atoms with E-state index in [1.54, 1.807) is 6.07 Å². The summed E-state index contributed by atoms with van der Waals surface area (Å²) in [5.74, 6) is -0.0732. The summed E-state index contributed by atoms with van der Waals surface area (Å²) in [5, 5.41) is 0. The third-order valence-electron chi connectivity index (χ3n) is 4.01. The molecule has 0 atom stereocenters. The number of morpholine rings is 1. The van der Waals surface area contributed by atoms with Crippen LogP contribution in [0.3, 0.4) is 0 Å². The molecule has 19 heavy (non-hydrogen) atoms. The molecule has 0 aliphatic carbocycles. The first-order valence-electron chi connectivity index (χ1n) is 7.16. The molecule has 0 unspecified atom stereocenters. The number of nitrogens with zero attached hydrogens (tertiary/aromatic N) is 2. The largest absolute Gasteiger partial charge is 0.378 e. The molecule has 2 saturated heterocycles. The van der Waals surface area contributed by atoms with Gasteiger partial charge in [0.05, 0.1) is 13.2 Å². The second-order valence-corrected chi connectivity index (χ2v) is 5.36. The predicted molar refractivity (Wildman–Crippen MR) is 73.9 cm³/mol. The Morgan fingerprint density at radius 1 is 1.05 bits per heavy atom. The average Bonchev–Trinajstić information content (AvgIpc) is 2.95. The molecule has 2 fully saturated rings. The summed E-state index contributed by atoms with van der Waals surface area (Å²) in [6.07, 6.45) is 2.49. The van der Waals surface area contributed by atoms with E-state index in [2.05, 4.69) is 9.80 Å². The van der Waals surface area contributed by atoms with Crippen LogP contribution in [-0.2, 0) is 11.3 Å². The highest BCUT2D eigenvalue weighted by molar-refractivity contribution is 5.48. The normalized spacial score (nSPS) is 21.0. The maximum absolute atomic E-state index is 14.2. The molecule has 0 saturated carbocycles. The van der Waals surface area contributed by atoms with E-state index in [-0.39, 0.29) is 5.82 Å². The number of halogens is 1. The van der Waals surface area contributed by atoms with Gasteiger partial charge in [-0.15, -0.1) is 0 Å². The summed E-state index contributed by atoms with van der Waals surface area (Å²) in [5.41, 5.74) is 1.80. The zero-order valence-corrected chi connectivity index (χ0v) is 11.3. The maximum Gasteiger partial charge on any atom is 0.129 e. The van der Waals surface area contributed by atoms with Crippen molar-refractivity contribution < 1.29 is 9.13 Å². The molecule has 0 aromatic heterocycles. The van der Waals surface area contributed by atoms with E-state index < -0.39 is 0 Å². The van der Waals surface area contributed by atoms with Crippen molar-refractivity contribution >= 4 is 5.69 Å². The molecular weight excluding hydrogens is 243 g/mol. The Balaban J connectivity index is 1.69. The van der Waals surface area contributed by atoms with Crippen molar-refractivity contribution in [2.24, 2.45) is 0 Å². The first kappa shape index (κ1) is 12.9. The van der Waals surface area contributed by atoms with Crippen LogP contribution in [0.1, 0.15) is 18.4 Å². The minimum atomic E-state index is -0.0732. The van der Waals surface area contributed by atoms with Crippen molar-refractivity contribution in [2.75, 3.05) is 44.3 Å². The molecule has 1 aromatic rings. The SMILES string of the molecule is Fc1cc(N2CCOCC2)ccc1CN1CCCC1. The highest BCUT2D eigenvalue weighted by atomic mass is 19.1. The van der Waals surface area contributed by atoms with Gasteiger partial charge in [0, 0.05) is 30.9 Å². The molecule has 2 aliphatic rings. The van der Waals surface area contributed by atoms with Crippen molar-refractivity contribution in [1.29, 1.82) is 0 Å². The molecule has 0 N–H and O–H groups in total. The minimum Gasteiger partial charge on any atom is -0.378 e. The summed E-state index contributed by atoms with van der Waals surface area (Å²) >= 11 is 0. The Bertz CT molecular complexity index is 426. The molecule has 1 aromatic carbocycles. The molecule has 0 spiro atoms. The lowest BCUT2D eigenvalue weighted by atomic mass is 10.1. The summed E-state index contributed by atoms with van der Waals surface area (Å²) in [4.78, 5) is 4.51. The fourth-order valence-electron chi connectivity index (χ4n) is 2.86. The van der Waals surface area contributed by atoms with Gasteiger partial charge >= 0.3 is 0 Å². The molecule has 3 rings (SSSR count). The molecule has 4 heteroatoms. The fourth-order valence-corrected chi connectivity index (χ4v) is 2.86. The van der Waals surface area contributed by atoms with Crippen molar-refractivity contribution in [1.82, 2.24) is 4.90 Å². The number of hydrogen-bond acceptors (Lipinski definition) is 3. The van der Waals surface area contributed by atoms with Crippen molar-refractivity contribution in [3.8, 4) is 0 Å². The Morgan fingerprint density at radius 3 is 2.47 bits per heavy atom. The third-order valence-corrected chi connectivity index (χ3v) is 4.01. The molecule has 2 aliphatic heterocycles. The van der Waals surface area contributed by atoms with Crippen molar-refractivity contribution in [3.63, 3.8) is 0 Å². The van der Waals surface area contributed by atoms with Crippen LogP contribution in [0.25, 0.3) is 0 Å². The Labute approximate surface area is 114 Å². The van der Waals surface area contributed by atoms with Crippen LogP contribution in [0.5, 0.6) is 0 Å². The third kappa shape index (κ3) is 3.07. The second kappa shape index (κ2) is 5.88. The van der Waals surface area contributed by atoms with Crippen LogP contribution in [0, 0.1) is 5.82 Å². The van der Waals surface area contributed by atoms with E-state index in [4.69, 9.17) is 4.74 Å². The van der Waals surface area contributed by atoms with Crippen LogP contribution in [0.4, 0.5) is 10.1 Å². The smallest absolute Gasteiger partial charge is 0.129 e. The average molecular weight is 264 g/mol. The van der Waals surface area contributed by atoms with Crippen molar-refractivity contribution in [2.45, 2.75) is 19.4 Å². The number of ether oxygens (including phenoxy) is 1. The monoisotopic (exact) mass is 264 g/mol. The molecule has 0 radical (unpaired) electrons. The standard InChI is InChI=1S/C15H21FN2O/c16-15-11-14(18-7-9-19-10-8-18)4-3-13(15)12-17-5-1-2-6-17/h3-4,11H,1-2,5-10,12H2. The zero-order valence-electron chi connectivity index (χ0n) is 11.3. The molecule has 104 valence electrons. The Morgan fingerprint density at radius 2 is 1.79 bits per heavy atom. The van der Waals surface area contributed by atoms with Gasteiger partial charge in [-0.1, -0.05) is 6.07 Å². The second-order valence-electron chi connectivity index (χ2n) is 5.36. The van der Waals surface area contributed by atoms with Crippen LogP contribution >= 0.6 is 0 Å². The van der Waals surface area contributed by atoms with Gasteiger partial charge in [0.2, 0.25) is 0 Å². The summed E-state index contributed by atoms with van der Waals surface area (Å²) in [7, 11) is 0. The van der Waals surface area contributed by atoms with Gasteiger partial charge < -0.3 is 9.64 Å². The van der Waals surface area contributed by atoms with Crippen LogP contribution in [-0.4, -0.2) is 44.3 Å². The first-order valence-corrected chi connectivity index (χ1v) is 7.16. The molecular formula is C15H21FN2O. The minimum absolute atomic E-state index is 0.0732. The van der Waals surface area contributed by atoms with E-state index >= 15 is 0 Å². The molecule has 0 amide bonds. The summed E-state index contributed by atoms with van der Waals surface area (Å²) in [6.45, 7) is 6.12. The first-order chi connectivity index (χ1) is 9.33. The topological polar surface area (TPSA) is 15.7 Å². The van der Waals surface area contributed by atoms with Gasteiger partial charge in [-0.05, 0) is 38.1 Å². The lowest BCUT2D eigenvalue weighted by molar-refractivity contribution is 0.122. The van der Waals surface area contributed by atoms with Gasteiger partial charge in [-0.3, -0.25) is 4.90 Å². The number of hydrogen-bond donors (Lipinski definition) is 0. The predicted octanol–water partition coefficient (Wildman–Crippen LogP) is 2.26. The Kier molecular flexibility index (Phi) is 3.99. The van der Waals surface area contributed by atoms with Gasteiger partial charge in [-0.2, -0.15) is 0 Å². The van der Waals surface area contributed by atoms with Gasteiger partial charge in [-0.25, -0.2) is 4.39 Å². The number of rotatable bonds is 3. The maximum atomic E-state index is 14.2. The molecule has 0 bridgehead atoms. The number of benzene rings is 1. The van der Waals surface area contributed by atoms with E-state index in [9.17, 15) is 4.39 Å². The van der Waals surface area contributed by atoms with Gasteiger partial charge in [0.25, 0.3) is 0 Å². The van der Waals surface area contributed by atoms with Crippen LogP contribution in [0.15, 0.2) is 18.2 Å². The van der Waals surface area contributed by atoms with E-state index in [0.29, 0.717) is 0 Å². The van der Waals surface area contributed by atoms with Crippen LogP contribution in [0.2, 0.25) is 0 Å². The quantitative estimate of drug-likeness (QED) is 0.833. The highest BCUT2D eigenvalue weighted by Gasteiger charge is 2.16. The van der Waals surface area contributed by atoms with Crippen molar-refractivity contribution in [3.05, 3.63) is 29.6 Å². The molecule has 2 heterocycles. The van der Waals surface area contributed by atoms with Gasteiger partial charge in [0.1, 0.15) is 5.82 Å². The molecule has 3 nitrogen and oxygen atoms in total. The fraction of sp³-hybridized carbons (Fsp3) is 0.600. The van der Waals surface area contributed by atoms with Gasteiger partial charge in [0.15, 0.2) is 0 Å². The summed E-state index contributed by atoms with van der Waals surface area (Å²) in [6, 6.07) is 5.66. The highest BCUT2D eigenvalue weighted by Crippen LogP contribution is 2.22. The number of likely N-dealkylation sites (tertiary alicyclic amines) is 1. The zero-order chi connectivity index (χ0) is 13.1. The lowest BCUT2D eigenvalue weighted by Gasteiger charge is -2.29. The van der Waals surface area contributed by atoms with E-state index in [0.717, 1.165) is 57.2 Å².